The summed E-state index contributed by atoms with van der Waals surface area (Å²) >= 11 is 0. The molecule has 1 aromatic heterocycles. The fraction of sp³-hybridized carbons (Fsp3) is 0.333. The van der Waals surface area contributed by atoms with Crippen LogP contribution in [0.5, 0.6) is 0 Å². The van der Waals surface area contributed by atoms with Gasteiger partial charge in [0.1, 0.15) is 0 Å². The molecule has 5 heteroatoms. The second kappa shape index (κ2) is 4.55. The Morgan fingerprint density at radius 2 is 2.50 bits per heavy atom. The van der Waals surface area contributed by atoms with Gasteiger partial charge in [0, 0.05) is 30.4 Å². The standard InChI is InChI=1S/C9H12FN3O/c1-6(4-9(11)14)13-7-2-3-12-8(10)5-7/h2-3,5-6H,4H2,1H3,(H2,11,14)(H,12,13). The van der Waals surface area contributed by atoms with Crippen LogP contribution in [0.2, 0.25) is 0 Å². The molecule has 1 heterocycles. The van der Waals surface area contributed by atoms with Gasteiger partial charge in [-0.3, -0.25) is 4.79 Å². The van der Waals surface area contributed by atoms with Crippen LogP contribution in [0, 0.1) is 5.95 Å². The fourth-order valence-electron chi connectivity index (χ4n) is 1.13. The van der Waals surface area contributed by atoms with Crippen LogP contribution < -0.4 is 11.1 Å². The number of aromatic nitrogens is 1. The van der Waals surface area contributed by atoms with Crippen molar-refractivity contribution in [3.63, 3.8) is 0 Å². The first-order valence-electron chi connectivity index (χ1n) is 4.24. The van der Waals surface area contributed by atoms with Crippen LogP contribution in [0.1, 0.15) is 13.3 Å². The van der Waals surface area contributed by atoms with Crippen molar-refractivity contribution in [1.29, 1.82) is 0 Å². The summed E-state index contributed by atoms with van der Waals surface area (Å²) in [6.07, 6.45) is 1.57. The molecular formula is C9H12FN3O. The van der Waals surface area contributed by atoms with Gasteiger partial charge in [0.05, 0.1) is 0 Å². The van der Waals surface area contributed by atoms with Crippen LogP contribution >= 0.6 is 0 Å². The lowest BCUT2D eigenvalue weighted by atomic mass is 10.2. The molecule has 0 aliphatic rings. The summed E-state index contributed by atoms with van der Waals surface area (Å²) in [5, 5.41) is 2.93. The molecule has 1 amide bonds. The zero-order valence-electron chi connectivity index (χ0n) is 7.83. The number of nitrogens with two attached hydrogens (primary N) is 1. The predicted octanol–water partition coefficient (Wildman–Crippen LogP) is 0.896. The van der Waals surface area contributed by atoms with Crippen molar-refractivity contribution in [3.05, 3.63) is 24.3 Å². The van der Waals surface area contributed by atoms with Gasteiger partial charge in [0.25, 0.3) is 0 Å². The first-order valence-corrected chi connectivity index (χ1v) is 4.24. The number of carbonyl (C=O) groups is 1. The second-order valence-corrected chi connectivity index (χ2v) is 3.08. The third-order valence-corrected chi connectivity index (χ3v) is 1.65. The molecule has 0 saturated carbocycles. The Kier molecular flexibility index (Phi) is 3.39. The van der Waals surface area contributed by atoms with Crippen molar-refractivity contribution < 1.29 is 9.18 Å². The molecule has 3 N–H and O–H groups in total. The van der Waals surface area contributed by atoms with Crippen molar-refractivity contribution in [2.45, 2.75) is 19.4 Å². The predicted molar refractivity (Wildman–Crippen MR) is 51.1 cm³/mol. The summed E-state index contributed by atoms with van der Waals surface area (Å²) in [7, 11) is 0. The summed E-state index contributed by atoms with van der Waals surface area (Å²) in [5.41, 5.74) is 5.60. The Morgan fingerprint density at radius 3 is 3.07 bits per heavy atom. The molecule has 1 atom stereocenters. The topological polar surface area (TPSA) is 68.0 Å². The highest BCUT2D eigenvalue weighted by molar-refractivity contribution is 5.74. The Bertz CT molecular complexity index is 330. The number of hydrogen-bond donors (Lipinski definition) is 2. The number of anilines is 1. The van der Waals surface area contributed by atoms with Gasteiger partial charge >= 0.3 is 0 Å². The molecule has 0 aliphatic carbocycles. The van der Waals surface area contributed by atoms with E-state index in [4.69, 9.17) is 5.73 Å². The summed E-state index contributed by atoms with van der Waals surface area (Å²) in [4.78, 5) is 14.0. The number of amides is 1. The molecule has 0 bridgehead atoms. The lowest BCUT2D eigenvalue weighted by Gasteiger charge is -2.12. The molecule has 0 aromatic carbocycles. The van der Waals surface area contributed by atoms with E-state index in [0.717, 1.165) is 0 Å². The number of nitrogens with one attached hydrogen (secondary N) is 1. The number of pyridine rings is 1. The normalized spacial score (nSPS) is 12.1. The van der Waals surface area contributed by atoms with Crippen molar-refractivity contribution in [3.8, 4) is 0 Å². The first-order chi connectivity index (χ1) is 6.58. The number of halogens is 1. The quantitative estimate of drug-likeness (QED) is 0.704. The minimum absolute atomic E-state index is 0.116. The van der Waals surface area contributed by atoms with E-state index in [0.29, 0.717) is 5.69 Å². The van der Waals surface area contributed by atoms with Crippen molar-refractivity contribution in [2.75, 3.05) is 5.32 Å². The molecule has 1 unspecified atom stereocenters. The number of rotatable bonds is 4. The van der Waals surface area contributed by atoms with E-state index < -0.39 is 5.95 Å². The van der Waals surface area contributed by atoms with E-state index in [1.165, 1.54) is 12.3 Å². The number of carbonyl (C=O) groups excluding carboxylic acids is 1. The molecule has 0 saturated heterocycles. The molecule has 1 rings (SSSR count). The average Bonchev–Trinajstić information content (AvgIpc) is 2.01. The zero-order valence-corrected chi connectivity index (χ0v) is 7.83. The van der Waals surface area contributed by atoms with E-state index in [2.05, 4.69) is 10.3 Å². The first kappa shape index (κ1) is 10.4. The summed E-state index contributed by atoms with van der Waals surface area (Å²) in [6.45, 7) is 1.79. The van der Waals surface area contributed by atoms with Gasteiger partial charge in [0.2, 0.25) is 11.9 Å². The molecule has 0 fully saturated rings. The van der Waals surface area contributed by atoms with Gasteiger partial charge in [-0.15, -0.1) is 0 Å². The largest absolute Gasteiger partial charge is 0.382 e. The maximum absolute atomic E-state index is 12.6. The average molecular weight is 197 g/mol. The van der Waals surface area contributed by atoms with Crippen LogP contribution in [0.4, 0.5) is 10.1 Å². The minimum atomic E-state index is -0.554. The second-order valence-electron chi connectivity index (χ2n) is 3.08. The smallest absolute Gasteiger partial charge is 0.219 e. The van der Waals surface area contributed by atoms with Gasteiger partial charge in [-0.1, -0.05) is 0 Å². The van der Waals surface area contributed by atoms with Crippen LogP contribution in [0.25, 0.3) is 0 Å². The van der Waals surface area contributed by atoms with Crippen LogP contribution in [0.3, 0.4) is 0 Å². The van der Waals surface area contributed by atoms with Crippen molar-refractivity contribution in [1.82, 2.24) is 4.98 Å². The highest BCUT2D eigenvalue weighted by Gasteiger charge is 2.05. The lowest BCUT2D eigenvalue weighted by Crippen LogP contribution is -2.24. The molecule has 14 heavy (non-hydrogen) atoms. The molecule has 1 aromatic rings. The van der Waals surface area contributed by atoms with E-state index in [-0.39, 0.29) is 18.4 Å². The number of hydrogen-bond acceptors (Lipinski definition) is 3. The zero-order chi connectivity index (χ0) is 10.6. The van der Waals surface area contributed by atoms with E-state index >= 15 is 0 Å². The molecule has 4 nitrogen and oxygen atoms in total. The molecule has 0 radical (unpaired) electrons. The van der Waals surface area contributed by atoms with Crippen molar-refractivity contribution >= 4 is 11.6 Å². The Balaban J connectivity index is 2.55. The molecule has 76 valence electrons. The van der Waals surface area contributed by atoms with Gasteiger partial charge < -0.3 is 11.1 Å². The molecule has 0 spiro atoms. The third-order valence-electron chi connectivity index (χ3n) is 1.65. The molecular weight excluding hydrogens is 185 g/mol. The number of nitrogens with zero attached hydrogens (tertiary/aromatic N) is 1. The van der Waals surface area contributed by atoms with Crippen molar-refractivity contribution in [2.24, 2.45) is 5.73 Å². The lowest BCUT2D eigenvalue weighted by molar-refractivity contribution is -0.118. The molecule has 0 aliphatic heterocycles. The van der Waals surface area contributed by atoms with Crippen LogP contribution in [-0.4, -0.2) is 16.9 Å². The third kappa shape index (κ3) is 3.38. The van der Waals surface area contributed by atoms with Gasteiger partial charge in [-0.2, -0.15) is 4.39 Å². The number of primary amides is 1. The Labute approximate surface area is 81.3 Å². The minimum Gasteiger partial charge on any atom is -0.382 e. The maximum atomic E-state index is 12.6. The Hall–Kier alpha value is -1.65. The summed E-state index contributed by atoms with van der Waals surface area (Å²) in [5.74, 6) is -0.944. The van der Waals surface area contributed by atoms with Gasteiger partial charge in [-0.05, 0) is 13.0 Å². The van der Waals surface area contributed by atoms with E-state index in [1.54, 1.807) is 13.0 Å². The summed E-state index contributed by atoms with van der Waals surface area (Å²) in [6, 6.07) is 2.77. The van der Waals surface area contributed by atoms with E-state index in [9.17, 15) is 9.18 Å². The Morgan fingerprint density at radius 1 is 1.79 bits per heavy atom. The highest BCUT2D eigenvalue weighted by Crippen LogP contribution is 2.09. The highest BCUT2D eigenvalue weighted by atomic mass is 19.1. The van der Waals surface area contributed by atoms with Crippen LogP contribution in [0.15, 0.2) is 18.3 Å². The van der Waals surface area contributed by atoms with Gasteiger partial charge in [0.15, 0.2) is 0 Å². The van der Waals surface area contributed by atoms with Crippen LogP contribution in [-0.2, 0) is 4.79 Å². The monoisotopic (exact) mass is 197 g/mol. The fourth-order valence-corrected chi connectivity index (χ4v) is 1.13. The SMILES string of the molecule is CC(CC(N)=O)Nc1ccnc(F)c1. The maximum Gasteiger partial charge on any atom is 0.219 e. The van der Waals surface area contributed by atoms with Gasteiger partial charge in [-0.25, -0.2) is 4.98 Å². The van der Waals surface area contributed by atoms with E-state index in [1.807, 2.05) is 0 Å². The summed E-state index contributed by atoms with van der Waals surface area (Å²) < 4.78 is 12.6.